The largest absolute Gasteiger partial charge is 0.383 e. The SMILES string of the molecule is COCC(C)NC(=S)NC(C)c1ncc(C)s1. The predicted octanol–water partition coefficient (Wildman–Crippen LogP) is 2.01. The van der Waals surface area contributed by atoms with E-state index in [1.54, 1.807) is 18.4 Å². The summed E-state index contributed by atoms with van der Waals surface area (Å²) in [4.78, 5) is 5.54. The van der Waals surface area contributed by atoms with E-state index in [0.29, 0.717) is 11.7 Å². The molecule has 0 spiro atoms. The molecule has 2 atom stereocenters. The fourth-order valence-electron chi connectivity index (χ4n) is 1.39. The second kappa shape index (κ2) is 6.88. The molecule has 0 aliphatic rings. The van der Waals surface area contributed by atoms with Crippen LogP contribution < -0.4 is 10.6 Å². The first-order valence-electron chi connectivity index (χ1n) is 5.51. The summed E-state index contributed by atoms with van der Waals surface area (Å²) in [7, 11) is 1.68. The molecule has 0 aliphatic carbocycles. The van der Waals surface area contributed by atoms with E-state index in [4.69, 9.17) is 17.0 Å². The average molecular weight is 273 g/mol. The highest BCUT2D eigenvalue weighted by Gasteiger charge is 2.11. The average Bonchev–Trinajstić information content (AvgIpc) is 2.64. The Bertz CT molecular complexity index is 367. The smallest absolute Gasteiger partial charge is 0.167 e. The fraction of sp³-hybridized carbons (Fsp3) is 0.636. The molecule has 6 heteroatoms. The van der Waals surface area contributed by atoms with Crippen molar-refractivity contribution in [3.8, 4) is 0 Å². The summed E-state index contributed by atoms with van der Waals surface area (Å²) in [5.41, 5.74) is 0. The van der Waals surface area contributed by atoms with Gasteiger partial charge < -0.3 is 15.4 Å². The topological polar surface area (TPSA) is 46.2 Å². The van der Waals surface area contributed by atoms with Gasteiger partial charge in [-0.25, -0.2) is 4.98 Å². The maximum Gasteiger partial charge on any atom is 0.167 e. The van der Waals surface area contributed by atoms with Crippen LogP contribution >= 0.6 is 23.6 Å². The van der Waals surface area contributed by atoms with Gasteiger partial charge in [-0.05, 0) is 33.0 Å². The van der Waals surface area contributed by atoms with Gasteiger partial charge in [0.15, 0.2) is 5.11 Å². The molecule has 96 valence electrons. The van der Waals surface area contributed by atoms with E-state index in [1.807, 2.05) is 27.0 Å². The Balaban J connectivity index is 2.40. The highest BCUT2D eigenvalue weighted by molar-refractivity contribution is 7.80. The van der Waals surface area contributed by atoms with Crippen LogP contribution in [-0.2, 0) is 4.74 Å². The Morgan fingerprint density at radius 1 is 1.53 bits per heavy atom. The van der Waals surface area contributed by atoms with E-state index in [2.05, 4.69) is 15.6 Å². The number of thiazole rings is 1. The summed E-state index contributed by atoms with van der Waals surface area (Å²) in [5.74, 6) is 0. The Morgan fingerprint density at radius 3 is 2.76 bits per heavy atom. The maximum atomic E-state index is 5.23. The number of aromatic nitrogens is 1. The van der Waals surface area contributed by atoms with Crippen LogP contribution in [0.15, 0.2) is 6.20 Å². The first-order valence-corrected chi connectivity index (χ1v) is 6.73. The third-order valence-electron chi connectivity index (χ3n) is 2.15. The third-order valence-corrected chi connectivity index (χ3v) is 3.48. The van der Waals surface area contributed by atoms with Crippen LogP contribution in [0.5, 0.6) is 0 Å². The number of hydrogen-bond donors (Lipinski definition) is 2. The van der Waals surface area contributed by atoms with Crippen molar-refractivity contribution in [1.82, 2.24) is 15.6 Å². The summed E-state index contributed by atoms with van der Waals surface area (Å²) in [5, 5.41) is 8.05. The van der Waals surface area contributed by atoms with Crippen LogP contribution in [0.2, 0.25) is 0 Å². The molecule has 0 aliphatic heterocycles. The van der Waals surface area contributed by atoms with Crippen molar-refractivity contribution in [1.29, 1.82) is 0 Å². The molecule has 1 aromatic heterocycles. The van der Waals surface area contributed by atoms with E-state index < -0.39 is 0 Å². The van der Waals surface area contributed by atoms with E-state index in [1.165, 1.54) is 4.88 Å². The quantitative estimate of drug-likeness (QED) is 0.804. The van der Waals surface area contributed by atoms with E-state index in [0.717, 1.165) is 5.01 Å². The van der Waals surface area contributed by atoms with Crippen LogP contribution in [0.4, 0.5) is 0 Å². The van der Waals surface area contributed by atoms with Crippen LogP contribution in [-0.4, -0.2) is 29.9 Å². The van der Waals surface area contributed by atoms with Crippen molar-refractivity contribution in [2.75, 3.05) is 13.7 Å². The molecular weight excluding hydrogens is 254 g/mol. The molecule has 2 unspecified atom stereocenters. The molecule has 1 heterocycles. The minimum Gasteiger partial charge on any atom is -0.383 e. The van der Waals surface area contributed by atoms with E-state index >= 15 is 0 Å². The summed E-state index contributed by atoms with van der Waals surface area (Å²) in [6, 6.07) is 0.327. The van der Waals surface area contributed by atoms with Crippen LogP contribution in [0, 0.1) is 6.92 Å². The number of rotatable bonds is 5. The standard InChI is InChI=1S/C11H19N3OS2/c1-7(6-15-4)13-11(16)14-9(3)10-12-5-8(2)17-10/h5,7,9H,6H2,1-4H3,(H2,13,14,16). The van der Waals surface area contributed by atoms with Gasteiger partial charge in [-0.1, -0.05) is 0 Å². The van der Waals surface area contributed by atoms with Gasteiger partial charge in [0.1, 0.15) is 5.01 Å². The third kappa shape index (κ3) is 4.97. The van der Waals surface area contributed by atoms with Gasteiger partial charge in [0.05, 0.1) is 12.6 Å². The van der Waals surface area contributed by atoms with Crippen molar-refractivity contribution in [2.45, 2.75) is 32.9 Å². The summed E-state index contributed by atoms with van der Waals surface area (Å²) < 4.78 is 5.04. The Kier molecular flexibility index (Phi) is 5.80. The van der Waals surface area contributed by atoms with Gasteiger partial charge in [-0.15, -0.1) is 11.3 Å². The highest BCUT2D eigenvalue weighted by atomic mass is 32.1. The molecule has 4 nitrogen and oxygen atoms in total. The van der Waals surface area contributed by atoms with Crippen molar-refractivity contribution < 1.29 is 4.74 Å². The molecule has 0 radical (unpaired) electrons. The number of ether oxygens (including phenoxy) is 1. The molecule has 0 fully saturated rings. The summed E-state index contributed by atoms with van der Waals surface area (Å²) >= 11 is 6.91. The molecule has 17 heavy (non-hydrogen) atoms. The van der Waals surface area contributed by atoms with Gasteiger partial charge in [0.25, 0.3) is 0 Å². The van der Waals surface area contributed by atoms with Crippen LogP contribution in [0.25, 0.3) is 0 Å². The molecule has 0 amide bonds. The van der Waals surface area contributed by atoms with Gasteiger partial charge in [-0.3, -0.25) is 0 Å². The maximum absolute atomic E-state index is 5.23. The Labute approximate surface area is 112 Å². The van der Waals surface area contributed by atoms with Gasteiger partial charge in [-0.2, -0.15) is 0 Å². The predicted molar refractivity (Wildman–Crippen MR) is 75.5 cm³/mol. The first-order chi connectivity index (χ1) is 8.02. The molecule has 2 N–H and O–H groups in total. The van der Waals surface area contributed by atoms with E-state index in [9.17, 15) is 0 Å². The lowest BCUT2D eigenvalue weighted by Crippen LogP contribution is -2.43. The van der Waals surface area contributed by atoms with Crippen LogP contribution in [0.3, 0.4) is 0 Å². The van der Waals surface area contributed by atoms with Gasteiger partial charge in [0, 0.05) is 24.2 Å². The molecule has 0 saturated carbocycles. The monoisotopic (exact) mass is 273 g/mol. The van der Waals surface area contributed by atoms with Crippen molar-refractivity contribution >= 4 is 28.7 Å². The normalized spacial score (nSPS) is 14.1. The lowest BCUT2D eigenvalue weighted by Gasteiger charge is -2.18. The zero-order chi connectivity index (χ0) is 12.8. The summed E-state index contributed by atoms with van der Waals surface area (Å²) in [6.45, 7) is 6.75. The molecule has 0 bridgehead atoms. The Hall–Kier alpha value is -0.720. The van der Waals surface area contributed by atoms with Crippen molar-refractivity contribution in [3.05, 3.63) is 16.1 Å². The molecule has 0 saturated heterocycles. The van der Waals surface area contributed by atoms with Gasteiger partial charge >= 0.3 is 0 Å². The van der Waals surface area contributed by atoms with E-state index in [-0.39, 0.29) is 12.1 Å². The second-order valence-corrected chi connectivity index (χ2v) is 5.68. The number of thiocarbonyl (C=S) groups is 1. The van der Waals surface area contributed by atoms with Crippen LogP contribution in [0.1, 0.15) is 29.8 Å². The molecule has 1 rings (SSSR count). The number of nitrogens with one attached hydrogen (secondary N) is 2. The van der Waals surface area contributed by atoms with Crippen molar-refractivity contribution in [2.24, 2.45) is 0 Å². The Morgan fingerprint density at radius 2 is 2.24 bits per heavy atom. The zero-order valence-corrected chi connectivity index (χ0v) is 12.2. The number of methoxy groups -OCH3 is 1. The molecule has 0 aromatic carbocycles. The summed E-state index contributed by atoms with van der Waals surface area (Å²) in [6.07, 6.45) is 1.88. The minimum absolute atomic E-state index is 0.128. The lowest BCUT2D eigenvalue weighted by atomic mass is 10.3. The lowest BCUT2D eigenvalue weighted by molar-refractivity contribution is 0.179. The van der Waals surface area contributed by atoms with Gasteiger partial charge in [0.2, 0.25) is 0 Å². The number of hydrogen-bond acceptors (Lipinski definition) is 4. The minimum atomic E-state index is 0.128. The number of aryl methyl sites for hydroxylation is 1. The zero-order valence-electron chi connectivity index (χ0n) is 10.6. The molecular formula is C11H19N3OS2. The second-order valence-electron chi connectivity index (χ2n) is 4.01. The first kappa shape index (κ1) is 14.3. The van der Waals surface area contributed by atoms with Crippen molar-refractivity contribution in [3.63, 3.8) is 0 Å². The molecule has 1 aromatic rings. The fourth-order valence-corrected chi connectivity index (χ4v) is 2.54. The highest BCUT2D eigenvalue weighted by Crippen LogP contribution is 2.18. The number of nitrogens with zero attached hydrogens (tertiary/aromatic N) is 1.